The Morgan fingerprint density at radius 1 is 1.57 bits per heavy atom. The fraction of sp³-hybridized carbons (Fsp3) is 0.556. The molecule has 1 aliphatic rings. The highest BCUT2D eigenvalue weighted by atomic mass is 79.9. The zero-order valence-electron chi connectivity index (χ0n) is 7.91. The van der Waals surface area contributed by atoms with Gasteiger partial charge in [-0.3, -0.25) is 9.67 Å². The summed E-state index contributed by atoms with van der Waals surface area (Å²) in [5, 5.41) is 7.48. The zero-order chi connectivity index (χ0) is 9.80. The van der Waals surface area contributed by atoms with Crippen molar-refractivity contribution in [3.63, 3.8) is 0 Å². The van der Waals surface area contributed by atoms with Crippen molar-refractivity contribution >= 4 is 21.8 Å². The number of nitrogens with one attached hydrogen (secondary N) is 1. The molecule has 2 heterocycles. The van der Waals surface area contributed by atoms with E-state index < -0.39 is 0 Å². The molecule has 2 rings (SSSR count). The number of aliphatic imine (C=N–C) groups is 1. The molecule has 0 atom stereocenters. The van der Waals surface area contributed by atoms with E-state index in [0.717, 1.165) is 36.4 Å². The van der Waals surface area contributed by atoms with Crippen LogP contribution in [0.4, 0.5) is 0 Å². The first-order chi connectivity index (χ1) is 6.84. The van der Waals surface area contributed by atoms with Crippen molar-refractivity contribution in [1.82, 2.24) is 15.1 Å². The van der Waals surface area contributed by atoms with Crippen LogP contribution >= 0.6 is 15.9 Å². The molecule has 1 N–H and O–H groups in total. The average Bonchev–Trinajstić information content (AvgIpc) is 2.77. The minimum atomic E-state index is 0.880. The van der Waals surface area contributed by atoms with Crippen LogP contribution in [0.1, 0.15) is 12.8 Å². The van der Waals surface area contributed by atoms with Gasteiger partial charge in [-0.15, -0.1) is 0 Å². The van der Waals surface area contributed by atoms with Gasteiger partial charge in [-0.2, -0.15) is 5.10 Å². The Balaban J connectivity index is 1.72. The van der Waals surface area contributed by atoms with Crippen molar-refractivity contribution in [3.05, 3.63) is 16.9 Å². The van der Waals surface area contributed by atoms with Crippen molar-refractivity contribution in [2.45, 2.75) is 19.4 Å². The summed E-state index contributed by atoms with van der Waals surface area (Å²) in [4.78, 5) is 4.34. The van der Waals surface area contributed by atoms with Crippen LogP contribution in [0.5, 0.6) is 0 Å². The quantitative estimate of drug-likeness (QED) is 0.890. The van der Waals surface area contributed by atoms with Gasteiger partial charge < -0.3 is 5.32 Å². The van der Waals surface area contributed by atoms with Gasteiger partial charge in [0.05, 0.1) is 23.0 Å². The maximum Gasteiger partial charge on any atom is 0.0964 e. The lowest BCUT2D eigenvalue weighted by molar-refractivity contribution is 0.602. The standard InChI is InChI=1S/C9H13BrN4/c10-8-6-13-14(7-8)5-4-12-9-2-1-3-11-9/h6-7H,1-5H2,(H,11,12). The Labute approximate surface area is 91.5 Å². The summed E-state index contributed by atoms with van der Waals surface area (Å²) < 4.78 is 2.93. The van der Waals surface area contributed by atoms with Crippen molar-refractivity contribution in [1.29, 1.82) is 0 Å². The Morgan fingerprint density at radius 3 is 3.14 bits per heavy atom. The monoisotopic (exact) mass is 256 g/mol. The van der Waals surface area contributed by atoms with Gasteiger partial charge in [-0.1, -0.05) is 0 Å². The van der Waals surface area contributed by atoms with Gasteiger partial charge in [0, 0.05) is 25.7 Å². The van der Waals surface area contributed by atoms with Gasteiger partial charge in [0.2, 0.25) is 0 Å². The molecule has 14 heavy (non-hydrogen) atoms. The van der Waals surface area contributed by atoms with E-state index in [9.17, 15) is 0 Å². The minimum Gasteiger partial charge on any atom is -0.372 e. The van der Waals surface area contributed by atoms with Gasteiger partial charge in [0.25, 0.3) is 0 Å². The van der Waals surface area contributed by atoms with E-state index in [1.807, 2.05) is 10.9 Å². The number of hydrogen-bond acceptors (Lipinski definition) is 3. The third-order valence-corrected chi connectivity index (χ3v) is 2.56. The summed E-state index contributed by atoms with van der Waals surface area (Å²) >= 11 is 3.36. The Morgan fingerprint density at radius 2 is 2.50 bits per heavy atom. The van der Waals surface area contributed by atoms with E-state index in [1.165, 1.54) is 6.42 Å². The molecule has 0 amide bonds. The summed E-state index contributed by atoms with van der Waals surface area (Å²) in [6, 6.07) is 0. The van der Waals surface area contributed by atoms with Gasteiger partial charge in [-0.05, 0) is 22.4 Å². The Hall–Kier alpha value is -0.840. The van der Waals surface area contributed by atoms with Crippen molar-refractivity contribution in [2.24, 2.45) is 4.99 Å². The topological polar surface area (TPSA) is 42.2 Å². The molecule has 0 fully saturated rings. The largest absolute Gasteiger partial charge is 0.372 e. The average molecular weight is 257 g/mol. The highest BCUT2D eigenvalue weighted by Crippen LogP contribution is 2.05. The lowest BCUT2D eigenvalue weighted by atomic mass is 10.3. The smallest absolute Gasteiger partial charge is 0.0964 e. The predicted molar refractivity (Wildman–Crippen MR) is 59.5 cm³/mol. The van der Waals surface area contributed by atoms with E-state index in [2.05, 4.69) is 31.3 Å². The molecule has 76 valence electrons. The highest BCUT2D eigenvalue weighted by Gasteiger charge is 2.04. The maximum atomic E-state index is 4.34. The molecule has 4 nitrogen and oxygen atoms in total. The van der Waals surface area contributed by atoms with Gasteiger partial charge >= 0.3 is 0 Å². The van der Waals surface area contributed by atoms with E-state index in [4.69, 9.17) is 0 Å². The fourth-order valence-electron chi connectivity index (χ4n) is 1.46. The normalized spacial score (nSPS) is 15.6. The molecule has 0 saturated carbocycles. The summed E-state index contributed by atoms with van der Waals surface area (Å²) in [6.45, 7) is 2.76. The SMILES string of the molecule is Brc1cnn(CCNC2=NCCC2)c1. The van der Waals surface area contributed by atoms with Crippen LogP contribution in [-0.2, 0) is 6.54 Å². The van der Waals surface area contributed by atoms with Crippen LogP contribution in [0.15, 0.2) is 21.9 Å². The number of nitrogens with zero attached hydrogens (tertiary/aromatic N) is 3. The van der Waals surface area contributed by atoms with E-state index >= 15 is 0 Å². The molecule has 0 aliphatic carbocycles. The molecule has 0 bridgehead atoms. The van der Waals surface area contributed by atoms with E-state index in [-0.39, 0.29) is 0 Å². The molecule has 0 unspecified atom stereocenters. The molecule has 1 aromatic rings. The van der Waals surface area contributed by atoms with Crippen LogP contribution in [-0.4, -0.2) is 28.7 Å². The third-order valence-electron chi connectivity index (χ3n) is 2.15. The predicted octanol–water partition coefficient (Wildman–Crippen LogP) is 1.43. The number of rotatable bonds is 3. The van der Waals surface area contributed by atoms with Crippen LogP contribution in [0, 0.1) is 0 Å². The number of halogens is 1. The summed E-state index contributed by atoms with van der Waals surface area (Å²) in [5.74, 6) is 1.15. The molecule has 5 heteroatoms. The first kappa shape index (κ1) is 9.71. The molecule has 0 aromatic carbocycles. The summed E-state index contributed by atoms with van der Waals surface area (Å²) in [5.41, 5.74) is 0. The third kappa shape index (κ3) is 2.57. The van der Waals surface area contributed by atoms with Crippen LogP contribution in [0.25, 0.3) is 0 Å². The second-order valence-electron chi connectivity index (χ2n) is 3.28. The zero-order valence-corrected chi connectivity index (χ0v) is 9.50. The first-order valence-electron chi connectivity index (χ1n) is 4.80. The van der Waals surface area contributed by atoms with E-state index in [0.29, 0.717) is 0 Å². The number of hydrogen-bond donors (Lipinski definition) is 1. The lowest BCUT2D eigenvalue weighted by Gasteiger charge is -2.05. The fourth-order valence-corrected chi connectivity index (χ4v) is 1.79. The van der Waals surface area contributed by atoms with Crippen LogP contribution in [0.2, 0.25) is 0 Å². The van der Waals surface area contributed by atoms with Crippen molar-refractivity contribution in [3.8, 4) is 0 Å². The molecule has 1 aromatic heterocycles. The van der Waals surface area contributed by atoms with Crippen molar-refractivity contribution < 1.29 is 0 Å². The Bertz CT molecular complexity index is 331. The Kier molecular flexibility index (Phi) is 3.18. The van der Waals surface area contributed by atoms with Gasteiger partial charge in [0.1, 0.15) is 0 Å². The lowest BCUT2D eigenvalue weighted by Crippen LogP contribution is -2.25. The molecular weight excluding hydrogens is 244 g/mol. The first-order valence-corrected chi connectivity index (χ1v) is 5.59. The highest BCUT2D eigenvalue weighted by molar-refractivity contribution is 9.10. The van der Waals surface area contributed by atoms with Crippen LogP contribution < -0.4 is 5.32 Å². The summed E-state index contributed by atoms with van der Waals surface area (Å²) in [7, 11) is 0. The number of amidine groups is 1. The maximum absolute atomic E-state index is 4.34. The molecular formula is C9H13BrN4. The van der Waals surface area contributed by atoms with Gasteiger partial charge in [-0.25, -0.2) is 0 Å². The molecule has 0 spiro atoms. The second-order valence-corrected chi connectivity index (χ2v) is 4.20. The summed E-state index contributed by atoms with van der Waals surface area (Å²) in [6.07, 6.45) is 6.06. The minimum absolute atomic E-state index is 0.880. The molecule has 1 aliphatic heterocycles. The van der Waals surface area contributed by atoms with E-state index in [1.54, 1.807) is 6.20 Å². The molecule has 0 radical (unpaired) electrons. The molecule has 0 saturated heterocycles. The van der Waals surface area contributed by atoms with Crippen LogP contribution in [0.3, 0.4) is 0 Å². The van der Waals surface area contributed by atoms with Gasteiger partial charge in [0.15, 0.2) is 0 Å². The second kappa shape index (κ2) is 4.59. The van der Waals surface area contributed by atoms with Crippen molar-refractivity contribution in [2.75, 3.05) is 13.1 Å². The number of aromatic nitrogens is 2.